The fourth-order valence-corrected chi connectivity index (χ4v) is 2.45. The molecule has 0 aliphatic rings. The second kappa shape index (κ2) is 5.38. The van der Waals surface area contributed by atoms with E-state index in [0.717, 1.165) is 16.4 Å². The first kappa shape index (κ1) is 14.1. The molecule has 0 saturated carbocycles. The third-order valence-electron chi connectivity index (χ3n) is 2.82. The Kier molecular flexibility index (Phi) is 4.01. The highest BCUT2D eigenvalue weighted by Crippen LogP contribution is 2.18. The number of aryl methyl sites for hydroxylation is 1. The first-order valence-corrected chi connectivity index (χ1v) is 7.31. The molecule has 0 aliphatic carbocycles. The zero-order valence-corrected chi connectivity index (χ0v) is 13.0. The molecule has 1 atom stereocenters. The number of nitrogens with one attached hydrogen (secondary N) is 1. The van der Waals surface area contributed by atoms with Gasteiger partial charge in [0.25, 0.3) is 0 Å². The summed E-state index contributed by atoms with van der Waals surface area (Å²) in [4.78, 5) is 4.48. The Bertz CT molecular complexity index is 537. The maximum absolute atomic E-state index is 4.48. The zero-order valence-electron chi connectivity index (χ0n) is 12.1. The van der Waals surface area contributed by atoms with Crippen molar-refractivity contribution < 1.29 is 0 Å². The molecule has 6 heteroatoms. The van der Waals surface area contributed by atoms with E-state index >= 15 is 0 Å². The van der Waals surface area contributed by atoms with E-state index in [-0.39, 0.29) is 11.6 Å². The molecule has 1 N–H and O–H groups in total. The molecule has 19 heavy (non-hydrogen) atoms. The van der Waals surface area contributed by atoms with Crippen molar-refractivity contribution in [1.82, 2.24) is 25.3 Å². The molecule has 5 nitrogen and oxygen atoms in total. The Hall–Kier alpha value is -1.27. The standard InChI is InChI=1S/C13H21N5S/c1-9-8-19-12(15-9)10(2)14-6-11-7-18(17-16-11)13(3,4)5/h7-8,10,14H,6H2,1-5H3. The molecule has 2 heterocycles. The van der Waals surface area contributed by atoms with E-state index in [0.29, 0.717) is 6.54 Å². The maximum atomic E-state index is 4.48. The van der Waals surface area contributed by atoms with Crippen molar-refractivity contribution in [2.45, 2.75) is 52.7 Å². The van der Waals surface area contributed by atoms with Crippen molar-refractivity contribution in [2.75, 3.05) is 0 Å². The van der Waals surface area contributed by atoms with Crippen LogP contribution in [0, 0.1) is 6.92 Å². The molecule has 1 unspecified atom stereocenters. The third kappa shape index (κ3) is 3.61. The van der Waals surface area contributed by atoms with E-state index in [1.807, 2.05) is 17.8 Å². The van der Waals surface area contributed by atoms with Crippen LogP contribution in [0.1, 0.15) is 50.1 Å². The van der Waals surface area contributed by atoms with E-state index < -0.39 is 0 Å². The van der Waals surface area contributed by atoms with Gasteiger partial charge in [-0.3, -0.25) is 0 Å². The lowest BCUT2D eigenvalue weighted by Crippen LogP contribution is -2.22. The van der Waals surface area contributed by atoms with Crippen LogP contribution in [0.3, 0.4) is 0 Å². The molecule has 0 spiro atoms. The Morgan fingerprint density at radius 2 is 2.16 bits per heavy atom. The van der Waals surface area contributed by atoms with Crippen molar-refractivity contribution >= 4 is 11.3 Å². The lowest BCUT2D eigenvalue weighted by Gasteiger charge is -2.17. The largest absolute Gasteiger partial charge is 0.302 e. The van der Waals surface area contributed by atoms with Gasteiger partial charge >= 0.3 is 0 Å². The third-order valence-corrected chi connectivity index (χ3v) is 3.97. The minimum Gasteiger partial charge on any atom is -0.302 e. The van der Waals surface area contributed by atoms with Crippen LogP contribution in [-0.2, 0) is 12.1 Å². The van der Waals surface area contributed by atoms with Gasteiger partial charge in [-0.05, 0) is 34.6 Å². The average Bonchev–Trinajstić information content (AvgIpc) is 2.93. The number of rotatable bonds is 4. The van der Waals surface area contributed by atoms with Gasteiger partial charge in [-0.2, -0.15) is 0 Å². The Balaban J connectivity index is 1.94. The van der Waals surface area contributed by atoms with Gasteiger partial charge in [0.1, 0.15) is 5.01 Å². The normalized spacial score (nSPS) is 13.7. The summed E-state index contributed by atoms with van der Waals surface area (Å²) >= 11 is 1.69. The summed E-state index contributed by atoms with van der Waals surface area (Å²) in [6.07, 6.45) is 1.99. The number of nitrogens with zero attached hydrogens (tertiary/aromatic N) is 4. The predicted molar refractivity (Wildman–Crippen MR) is 77.1 cm³/mol. The molecule has 2 aromatic heterocycles. The van der Waals surface area contributed by atoms with Crippen molar-refractivity contribution in [3.63, 3.8) is 0 Å². The smallest absolute Gasteiger partial charge is 0.110 e. The molecule has 0 aliphatic heterocycles. The van der Waals surface area contributed by atoms with E-state index in [1.165, 1.54) is 0 Å². The molecular formula is C13H21N5S. The summed E-state index contributed by atoms with van der Waals surface area (Å²) in [7, 11) is 0. The van der Waals surface area contributed by atoms with E-state index in [4.69, 9.17) is 0 Å². The molecule has 2 rings (SSSR count). The maximum Gasteiger partial charge on any atom is 0.110 e. The highest BCUT2D eigenvalue weighted by atomic mass is 32.1. The van der Waals surface area contributed by atoms with Gasteiger partial charge in [0.05, 0.1) is 23.5 Å². The SMILES string of the molecule is Cc1csc(C(C)NCc2cn(C(C)(C)C)nn2)n1. The van der Waals surface area contributed by atoms with Crippen LogP contribution in [-0.4, -0.2) is 20.0 Å². The molecule has 2 aromatic rings. The topological polar surface area (TPSA) is 55.6 Å². The molecule has 0 amide bonds. The Labute approximate surface area is 118 Å². The van der Waals surface area contributed by atoms with Crippen LogP contribution in [0.2, 0.25) is 0 Å². The fourth-order valence-electron chi connectivity index (χ4n) is 1.62. The van der Waals surface area contributed by atoms with Crippen LogP contribution >= 0.6 is 11.3 Å². The lowest BCUT2D eigenvalue weighted by molar-refractivity contribution is 0.347. The summed E-state index contributed by atoms with van der Waals surface area (Å²) in [5.74, 6) is 0. The second-order valence-electron chi connectivity index (χ2n) is 5.75. The van der Waals surface area contributed by atoms with Crippen LogP contribution in [0.15, 0.2) is 11.6 Å². The summed E-state index contributed by atoms with van der Waals surface area (Å²) in [5.41, 5.74) is 2.01. The number of aromatic nitrogens is 4. The molecule has 0 aromatic carbocycles. The second-order valence-corrected chi connectivity index (χ2v) is 6.64. The van der Waals surface area contributed by atoms with Crippen LogP contribution in [0.4, 0.5) is 0 Å². The minimum atomic E-state index is -0.0245. The van der Waals surface area contributed by atoms with Crippen molar-refractivity contribution in [1.29, 1.82) is 0 Å². The van der Waals surface area contributed by atoms with Crippen LogP contribution < -0.4 is 5.32 Å². The number of thiazole rings is 1. The Morgan fingerprint density at radius 1 is 1.42 bits per heavy atom. The zero-order chi connectivity index (χ0) is 14.0. The van der Waals surface area contributed by atoms with Gasteiger partial charge < -0.3 is 5.32 Å². The summed E-state index contributed by atoms with van der Waals surface area (Å²) < 4.78 is 1.89. The van der Waals surface area contributed by atoms with Crippen molar-refractivity contribution in [3.05, 3.63) is 28.0 Å². The monoisotopic (exact) mass is 279 g/mol. The molecule has 0 radical (unpaired) electrons. The van der Waals surface area contributed by atoms with Gasteiger partial charge in [0, 0.05) is 17.6 Å². The van der Waals surface area contributed by atoms with Gasteiger partial charge in [-0.1, -0.05) is 5.21 Å². The average molecular weight is 279 g/mol. The molecular weight excluding hydrogens is 258 g/mol. The number of hydrogen-bond donors (Lipinski definition) is 1. The number of hydrogen-bond acceptors (Lipinski definition) is 5. The van der Waals surface area contributed by atoms with E-state index in [1.54, 1.807) is 11.3 Å². The highest BCUT2D eigenvalue weighted by Gasteiger charge is 2.15. The first-order chi connectivity index (χ1) is 8.86. The van der Waals surface area contributed by atoms with Crippen LogP contribution in [0.25, 0.3) is 0 Å². The summed E-state index contributed by atoms with van der Waals surface area (Å²) in [6.45, 7) is 11.2. The minimum absolute atomic E-state index is 0.0245. The summed E-state index contributed by atoms with van der Waals surface area (Å²) in [6, 6.07) is 0.235. The lowest BCUT2D eigenvalue weighted by atomic mass is 10.1. The highest BCUT2D eigenvalue weighted by molar-refractivity contribution is 7.09. The van der Waals surface area contributed by atoms with Crippen molar-refractivity contribution in [2.24, 2.45) is 0 Å². The van der Waals surface area contributed by atoms with E-state index in [2.05, 4.69) is 53.7 Å². The first-order valence-electron chi connectivity index (χ1n) is 6.43. The van der Waals surface area contributed by atoms with Gasteiger partial charge in [-0.25, -0.2) is 9.67 Å². The van der Waals surface area contributed by atoms with E-state index in [9.17, 15) is 0 Å². The molecule has 0 fully saturated rings. The van der Waals surface area contributed by atoms with Crippen molar-refractivity contribution in [3.8, 4) is 0 Å². The quantitative estimate of drug-likeness (QED) is 0.935. The predicted octanol–water partition coefficient (Wildman–Crippen LogP) is 2.65. The molecule has 104 valence electrons. The van der Waals surface area contributed by atoms with Crippen LogP contribution in [0.5, 0.6) is 0 Å². The van der Waals surface area contributed by atoms with Gasteiger partial charge in [0.2, 0.25) is 0 Å². The van der Waals surface area contributed by atoms with Gasteiger partial charge in [0.15, 0.2) is 0 Å². The fraction of sp³-hybridized carbons (Fsp3) is 0.615. The molecule has 0 saturated heterocycles. The summed E-state index contributed by atoms with van der Waals surface area (Å²) in [5, 5.41) is 15.0. The van der Waals surface area contributed by atoms with Gasteiger partial charge in [-0.15, -0.1) is 16.4 Å². The molecule has 0 bridgehead atoms. The Morgan fingerprint density at radius 3 is 2.68 bits per heavy atom.